The molecule has 27 heavy (non-hydrogen) atoms. The number of carboxylic acid groups (broad SMARTS) is 1. The second-order valence-corrected chi connectivity index (χ2v) is 8.55. The molecule has 6 nitrogen and oxygen atoms in total. The minimum Gasteiger partial charge on any atom is -0.481 e. The van der Waals surface area contributed by atoms with Gasteiger partial charge in [0.2, 0.25) is 10.0 Å². The van der Waals surface area contributed by atoms with Crippen molar-refractivity contribution in [3.05, 3.63) is 54.2 Å². The van der Waals surface area contributed by atoms with E-state index in [0.29, 0.717) is 19.5 Å². The third kappa shape index (κ3) is 7.48. The fourth-order valence-corrected chi connectivity index (χ4v) is 3.64. The standard InChI is InChI=1S/C20H26N2O4S/c1-27(25,26)22(15-7-3-2-4-9-20(23)24)16-17-10-12-18(13-11-17)19-8-5-6-14-21-19/h5-6,8,10-14H,2-4,7,9,15-16H2,1H3,(H,23,24). The zero-order chi connectivity index (χ0) is 19.7. The summed E-state index contributed by atoms with van der Waals surface area (Å²) < 4.78 is 25.6. The van der Waals surface area contributed by atoms with Crippen LogP contribution >= 0.6 is 0 Å². The molecule has 0 radical (unpaired) electrons. The molecule has 0 saturated carbocycles. The first-order valence-electron chi connectivity index (χ1n) is 9.03. The minimum absolute atomic E-state index is 0.165. The largest absolute Gasteiger partial charge is 0.481 e. The molecule has 1 aromatic carbocycles. The number of carboxylic acids is 1. The van der Waals surface area contributed by atoms with E-state index in [1.54, 1.807) is 6.20 Å². The Balaban J connectivity index is 1.91. The second kappa shape index (κ2) is 10.2. The molecule has 0 unspecified atom stereocenters. The Kier molecular flexibility index (Phi) is 7.94. The van der Waals surface area contributed by atoms with Crippen LogP contribution in [0.15, 0.2) is 48.7 Å². The Hall–Kier alpha value is -2.25. The highest BCUT2D eigenvalue weighted by molar-refractivity contribution is 7.88. The van der Waals surface area contributed by atoms with Crippen molar-refractivity contribution in [1.82, 2.24) is 9.29 Å². The number of pyridine rings is 1. The van der Waals surface area contributed by atoms with Crippen LogP contribution in [0.2, 0.25) is 0 Å². The molecule has 1 heterocycles. The van der Waals surface area contributed by atoms with E-state index in [4.69, 9.17) is 5.11 Å². The molecule has 0 aliphatic carbocycles. The second-order valence-electron chi connectivity index (χ2n) is 6.57. The highest BCUT2D eigenvalue weighted by Gasteiger charge is 2.16. The molecular weight excluding hydrogens is 364 g/mol. The van der Waals surface area contributed by atoms with Crippen molar-refractivity contribution in [2.45, 2.75) is 38.6 Å². The lowest BCUT2D eigenvalue weighted by Gasteiger charge is -2.20. The molecule has 1 N–H and O–H groups in total. The Morgan fingerprint density at radius 1 is 1.04 bits per heavy atom. The fourth-order valence-electron chi connectivity index (χ4n) is 2.80. The van der Waals surface area contributed by atoms with Crippen LogP contribution in [0.4, 0.5) is 0 Å². The van der Waals surface area contributed by atoms with Gasteiger partial charge in [-0.05, 0) is 30.5 Å². The molecule has 0 amide bonds. The summed E-state index contributed by atoms with van der Waals surface area (Å²) in [6, 6.07) is 13.5. The predicted molar refractivity (Wildman–Crippen MR) is 106 cm³/mol. The average Bonchev–Trinajstić information content (AvgIpc) is 2.63. The number of unbranched alkanes of at least 4 members (excludes halogenated alkanes) is 3. The Bertz CT molecular complexity index is 821. The summed E-state index contributed by atoms with van der Waals surface area (Å²) in [5.41, 5.74) is 2.79. The van der Waals surface area contributed by atoms with Crippen LogP contribution in [-0.4, -0.2) is 41.6 Å². The molecule has 0 fully saturated rings. The van der Waals surface area contributed by atoms with E-state index in [1.165, 1.54) is 10.6 Å². The summed E-state index contributed by atoms with van der Waals surface area (Å²) in [4.78, 5) is 14.8. The van der Waals surface area contributed by atoms with E-state index in [0.717, 1.165) is 36.1 Å². The third-order valence-corrected chi connectivity index (χ3v) is 5.54. The lowest BCUT2D eigenvalue weighted by molar-refractivity contribution is -0.137. The summed E-state index contributed by atoms with van der Waals surface area (Å²) in [7, 11) is -3.30. The molecule has 7 heteroatoms. The van der Waals surface area contributed by atoms with Crippen LogP contribution in [0.25, 0.3) is 11.3 Å². The molecule has 0 saturated heterocycles. The molecule has 0 bridgehead atoms. The van der Waals surface area contributed by atoms with Crippen LogP contribution < -0.4 is 0 Å². The van der Waals surface area contributed by atoms with Crippen molar-refractivity contribution in [2.75, 3.05) is 12.8 Å². The van der Waals surface area contributed by atoms with Gasteiger partial charge < -0.3 is 5.11 Å². The van der Waals surface area contributed by atoms with Gasteiger partial charge in [-0.2, -0.15) is 4.31 Å². The van der Waals surface area contributed by atoms with Gasteiger partial charge in [0.1, 0.15) is 0 Å². The van der Waals surface area contributed by atoms with Crippen LogP contribution in [0.3, 0.4) is 0 Å². The van der Waals surface area contributed by atoms with Crippen LogP contribution in [0.5, 0.6) is 0 Å². The summed E-state index contributed by atoms with van der Waals surface area (Å²) in [5, 5.41) is 8.63. The number of hydrogen-bond acceptors (Lipinski definition) is 4. The number of nitrogens with zero attached hydrogens (tertiary/aromatic N) is 2. The SMILES string of the molecule is CS(=O)(=O)N(CCCCCCC(=O)O)Cc1ccc(-c2ccccn2)cc1. The Morgan fingerprint density at radius 2 is 1.74 bits per heavy atom. The van der Waals surface area contributed by atoms with Crippen molar-refractivity contribution >= 4 is 16.0 Å². The van der Waals surface area contributed by atoms with Crippen molar-refractivity contribution in [3.8, 4) is 11.3 Å². The number of hydrogen-bond donors (Lipinski definition) is 1. The first kappa shape index (κ1) is 21.1. The zero-order valence-electron chi connectivity index (χ0n) is 15.5. The van der Waals surface area contributed by atoms with Gasteiger partial charge in [-0.1, -0.05) is 43.2 Å². The summed E-state index contributed by atoms with van der Waals surface area (Å²) in [6.07, 6.45) is 6.09. The van der Waals surface area contributed by atoms with Gasteiger partial charge in [-0.15, -0.1) is 0 Å². The van der Waals surface area contributed by atoms with E-state index in [-0.39, 0.29) is 6.42 Å². The van der Waals surface area contributed by atoms with Gasteiger partial charge in [-0.25, -0.2) is 8.42 Å². The van der Waals surface area contributed by atoms with Gasteiger partial charge in [0.25, 0.3) is 0 Å². The van der Waals surface area contributed by atoms with Crippen molar-refractivity contribution in [2.24, 2.45) is 0 Å². The molecular formula is C20H26N2O4S. The molecule has 1 aromatic heterocycles. The molecule has 0 aliphatic rings. The van der Waals surface area contributed by atoms with Crippen molar-refractivity contribution < 1.29 is 18.3 Å². The summed E-state index contributed by atoms with van der Waals surface area (Å²) in [6.45, 7) is 0.768. The molecule has 0 aliphatic heterocycles. The number of benzene rings is 1. The number of aliphatic carboxylic acids is 1. The smallest absolute Gasteiger partial charge is 0.303 e. The first-order valence-corrected chi connectivity index (χ1v) is 10.9. The molecule has 2 aromatic rings. The maximum atomic E-state index is 12.1. The Labute approximate surface area is 160 Å². The van der Waals surface area contributed by atoms with Crippen LogP contribution in [0.1, 0.15) is 37.7 Å². The van der Waals surface area contributed by atoms with E-state index in [1.807, 2.05) is 42.5 Å². The van der Waals surface area contributed by atoms with Crippen molar-refractivity contribution in [1.29, 1.82) is 0 Å². The zero-order valence-corrected chi connectivity index (χ0v) is 16.4. The van der Waals surface area contributed by atoms with Gasteiger partial charge in [-0.3, -0.25) is 9.78 Å². The normalized spacial score (nSPS) is 11.6. The molecule has 2 rings (SSSR count). The third-order valence-electron chi connectivity index (χ3n) is 4.29. The average molecular weight is 391 g/mol. The lowest BCUT2D eigenvalue weighted by atomic mass is 10.1. The van der Waals surface area contributed by atoms with Gasteiger partial charge in [0.05, 0.1) is 11.9 Å². The fraction of sp³-hybridized carbons (Fsp3) is 0.400. The predicted octanol–water partition coefficient (Wildman–Crippen LogP) is 3.55. The number of aromatic nitrogens is 1. The maximum Gasteiger partial charge on any atom is 0.303 e. The van der Waals surface area contributed by atoms with E-state index in [9.17, 15) is 13.2 Å². The van der Waals surface area contributed by atoms with Crippen LogP contribution in [0, 0.1) is 0 Å². The molecule has 0 spiro atoms. The summed E-state index contributed by atoms with van der Waals surface area (Å²) in [5.74, 6) is -0.790. The monoisotopic (exact) mass is 390 g/mol. The van der Waals surface area contributed by atoms with Crippen LogP contribution in [-0.2, 0) is 21.4 Å². The minimum atomic E-state index is -3.30. The van der Waals surface area contributed by atoms with E-state index >= 15 is 0 Å². The maximum absolute atomic E-state index is 12.1. The topological polar surface area (TPSA) is 87.6 Å². The quantitative estimate of drug-likeness (QED) is 0.593. The molecule has 0 atom stereocenters. The summed E-state index contributed by atoms with van der Waals surface area (Å²) >= 11 is 0. The number of rotatable bonds is 11. The Morgan fingerprint density at radius 3 is 2.33 bits per heavy atom. The lowest BCUT2D eigenvalue weighted by Crippen LogP contribution is -2.30. The van der Waals surface area contributed by atoms with Gasteiger partial charge in [0, 0.05) is 31.3 Å². The highest BCUT2D eigenvalue weighted by atomic mass is 32.2. The van der Waals surface area contributed by atoms with Crippen molar-refractivity contribution in [3.63, 3.8) is 0 Å². The molecule has 146 valence electrons. The van der Waals surface area contributed by atoms with Gasteiger partial charge >= 0.3 is 5.97 Å². The van der Waals surface area contributed by atoms with Gasteiger partial charge in [0.15, 0.2) is 0 Å². The first-order chi connectivity index (χ1) is 12.9. The highest BCUT2D eigenvalue weighted by Crippen LogP contribution is 2.18. The van der Waals surface area contributed by atoms with E-state index in [2.05, 4.69) is 4.98 Å². The number of carbonyl (C=O) groups is 1. The van der Waals surface area contributed by atoms with E-state index < -0.39 is 16.0 Å². The number of sulfonamides is 1.